The van der Waals surface area contributed by atoms with Crippen molar-refractivity contribution < 1.29 is 34.9 Å². The molecule has 0 radical (unpaired) electrons. The fourth-order valence-corrected chi connectivity index (χ4v) is 6.51. The van der Waals surface area contributed by atoms with E-state index in [4.69, 9.17) is 0 Å². The molecule has 0 aliphatic heterocycles. The summed E-state index contributed by atoms with van der Waals surface area (Å²) in [6.07, 6.45) is 10.5. The molecule has 0 spiro atoms. The summed E-state index contributed by atoms with van der Waals surface area (Å²) < 4.78 is 67.1. The van der Waals surface area contributed by atoms with Crippen LogP contribution in [0, 0.1) is 5.92 Å². The van der Waals surface area contributed by atoms with Gasteiger partial charge in [-0.3, -0.25) is 0 Å². The van der Waals surface area contributed by atoms with Gasteiger partial charge in [-0.05, 0) is 50.5 Å². The summed E-state index contributed by atoms with van der Waals surface area (Å²) in [6.45, 7) is 3.57. The number of rotatable bonds is 22. The Morgan fingerprint density at radius 3 is 1.55 bits per heavy atom. The Kier molecular flexibility index (Phi) is 15.6. The Balaban J connectivity index is 2.56. The van der Waals surface area contributed by atoms with E-state index in [0.29, 0.717) is 31.6 Å². The van der Waals surface area contributed by atoms with E-state index in [1.54, 1.807) is 0 Å². The zero-order chi connectivity index (χ0) is 28.7. The molecule has 222 valence electrons. The SMILES string of the molecule is C[N+](C)(CCCCS(=O)(=O)[O-])CC(CCCCCCCc1ccccc1)C[N+](C)(C)CCCCS(=O)(=O)[O-]. The maximum absolute atomic E-state index is 10.9. The van der Waals surface area contributed by atoms with Crippen molar-refractivity contribution in [1.29, 1.82) is 0 Å². The second-order valence-electron chi connectivity index (χ2n) is 12.3. The highest BCUT2D eigenvalue weighted by molar-refractivity contribution is 7.85. The molecule has 0 atom stereocenters. The summed E-state index contributed by atoms with van der Waals surface area (Å²) in [4.78, 5) is 0. The van der Waals surface area contributed by atoms with E-state index in [1.807, 2.05) is 6.07 Å². The van der Waals surface area contributed by atoms with Gasteiger partial charge in [-0.15, -0.1) is 0 Å². The highest BCUT2D eigenvalue weighted by Crippen LogP contribution is 2.20. The average Bonchev–Trinajstić information content (AvgIpc) is 2.78. The van der Waals surface area contributed by atoms with Gasteiger partial charge < -0.3 is 18.1 Å². The largest absolute Gasteiger partial charge is 0.748 e. The minimum absolute atomic E-state index is 0.302. The molecule has 0 saturated carbocycles. The molecule has 8 nitrogen and oxygen atoms in total. The van der Waals surface area contributed by atoms with Crippen molar-refractivity contribution in [1.82, 2.24) is 0 Å². The number of nitrogens with zero attached hydrogens (tertiary/aromatic N) is 2. The first-order chi connectivity index (χ1) is 17.6. The quantitative estimate of drug-likeness (QED) is 0.117. The molecule has 0 aliphatic rings. The predicted octanol–water partition coefficient (Wildman–Crippen LogP) is 3.99. The van der Waals surface area contributed by atoms with Crippen molar-refractivity contribution in [2.45, 2.75) is 70.6 Å². The van der Waals surface area contributed by atoms with Crippen LogP contribution in [0.2, 0.25) is 0 Å². The predicted molar refractivity (Wildman–Crippen MR) is 153 cm³/mol. The Labute approximate surface area is 233 Å². The van der Waals surface area contributed by atoms with Crippen molar-refractivity contribution in [3.8, 4) is 0 Å². The Bertz CT molecular complexity index is 926. The molecule has 0 saturated heterocycles. The first-order valence-corrected chi connectivity index (χ1v) is 17.3. The molecule has 0 heterocycles. The van der Waals surface area contributed by atoms with Crippen molar-refractivity contribution in [2.24, 2.45) is 5.92 Å². The standard InChI is InChI=1S/C28H52N2O6S2/c1-29(2,21-13-15-23-37(31,32)33)25-28(26-30(3,4)22-14-16-24-38(34,35)36)20-10-7-5-6-9-17-27-18-11-8-12-19-27/h8,11-12,18-19,28H,5-7,9-10,13-17,20-26H2,1-4H3. The number of hydrogen-bond donors (Lipinski definition) is 0. The van der Waals surface area contributed by atoms with Crippen LogP contribution < -0.4 is 0 Å². The van der Waals surface area contributed by atoms with Gasteiger partial charge in [0.1, 0.15) is 0 Å². The number of unbranched alkanes of at least 4 members (excludes halogenated alkanes) is 6. The van der Waals surface area contributed by atoms with Gasteiger partial charge >= 0.3 is 0 Å². The van der Waals surface area contributed by atoms with E-state index < -0.39 is 20.2 Å². The van der Waals surface area contributed by atoms with Gasteiger partial charge in [0.15, 0.2) is 0 Å². The smallest absolute Gasteiger partial charge is 0.0945 e. The first kappa shape index (κ1) is 35.0. The third-order valence-corrected chi connectivity index (χ3v) is 8.82. The molecule has 1 rings (SSSR count). The zero-order valence-corrected chi connectivity index (χ0v) is 25.8. The first-order valence-electron chi connectivity index (χ1n) is 14.1. The summed E-state index contributed by atoms with van der Waals surface area (Å²) in [5.74, 6) is -0.135. The van der Waals surface area contributed by atoms with E-state index in [0.717, 1.165) is 48.0 Å². The Morgan fingerprint density at radius 1 is 0.632 bits per heavy atom. The van der Waals surface area contributed by atoms with Crippen molar-refractivity contribution in [2.75, 3.05) is 65.9 Å². The minimum Gasteiger partial charge on any atom is -0.748 e. The van der Waals surface area contributed by atoms with Gasteiger partial charge in [0.2, 0.25) is 0 Å². The van der Waals surface area contributed by atoms with Gasteiger partial charge in [-0.1, -0.05) is 56.0 Å². The molecule has 0 N–H and O–H groups in total. The van der Waals surface area contributed by atoms with Gasteiger partial charge in [0, 0.05) is 11.5 Å². The van der Waals surface area contributed by atoms with Crippen molar-refractivity contribution in [3.63, 3.8) is 0 Å². The van der Waals surface area contributed by atoms with Crippen LogP contribution in [-0.2, 0) is 26.7 Å². The van der Waals surface area contributed by atoms with Crippen LogP contribution in [0.3, 0.4) is 0 Å². The van der Waals surface area contributed by atoms with Crippen LogP contribution in [-0.4, -0.2) is 101 Å². The van der Waals surface area contributed by atoms with Crippen LogP contribution in [0.1, 0.15) is 69.8 Å². The number of benzene rings is 1. The van der Waals surface area contributed by atoms with Crippen molar-refractivity contribution in [3.05, 3.63) is 35.9 Å². The molecule has 1 aromatic carbocycles. The third kappa shape index (κ3) is 19.9. The van der Waals surface area contributed by atoms with Crippen LogP contribution in [0.15, 0.2) is 30.3 Å². The van der Waals surface area contributed by atoms with E-state index in [1.165, 1.54) is 37.7 Å². The normalized spacial score (nSPS) is 13.3. The van der Waals surface area contributed by atoms with Gasteiger partial charge in [-0.2, -0.15) is 0 Å². The lowest BCUT2D eigenvalue weighted by molar-refractivity contribution is -0.915. The lowest BCUT2D eigenvalue weighted by atomic mass is 9.97. The van der Waals surface area contributed by atoms with Crippen LogP contribution in [0.25, 0.3) is 0 Å². The molecule has 1 aromatic rings. The summed E-state index contributed by atoms with van der Waals surface area (Å²) in [5, 5.41) is 0. The van der Waals surface area contributed by atoms with E-state index in [9.17, 15) is 25.9 Å². The van der Waals surface area contributed by atoms with Crippen LogP contribution in [0.4, 0.5) is 0 Å². The van der Waals surface area contributed by atoms with Gasteiger partial charge in [0.05, 0.1) is 80.5 Å². The molecule has 0 fully saturated rings. The number of aryl methyl sites for hydroxylation is 1. The lowest BCUT2D eigenvalue weighted by Crippen LogP contribution is -2.50. The molecule has 0 bridgehead atoms. The fraction of sp³-hybridized carbons (Fsp3) is 0.786. The summed E-state index contributed by atoms with van der Waals surface area (Å²) in [5.41, 5.74) is 1.40. The zero-order valence-electron chi connectivity index (χ0n) is 24.1. The fourth-order valence-electron chi connectivity index (χ4n) is 5.40. The molecular formula is C28H52N2O6S2. The van der Waals surface area contributed by atoms with E-state index in [-0.39, 0.29) is 11.5 Å². The topological polar surface area (TPSA) is 114 Å². The minimum atomic E-state index is -4.16. The monoisotopic (exact) mass is 576 g/mol. The maximum Gasteiger partial charge on any atom is 0.0945 e. The summed E-state index contributed by atoms with van der Waals surface area (Å²) in [7, 11) is 0.345. The Morgan fingerprint density at radius 2 is 1.08 bits per heavy atom. The molecule has 0 aliphatic carbocycles. The second-order valence-corrected chi connectivity index (χ2v) is 15.3. The second kappa shape index (κ2) is 16.9. The third-order valence-electron chi connectivity index (χ3n) is 7.24. The molecule has 10 heteroatoms. The molecule has 0 aromatic heterocycles. The van der Waals surface area contributed by atoms with Crippen molar-refractivity contribution >= 4 is 20.2 Å². The molecule has 0 unspecified atom stereocenters. The molecule has 38 heavy (non-hydrogen) atoms. The highest BCUT2D eigenvalue weighted by atomic mass is 32.2. The molecule has 0 amide bonds. The molecular weight excluding hydrogens is 524 g/mol. The maximum atomic E-state index is 10.9. The van der Waals surface area contributed by atoms with Crippen LogP contribution >= 0.6 is 0 Å². The lowest BCUT2D eigenvalue weighted by Gasteiger charge is -2.38. The summed E-state index contributed by atoms with van der Waals surface area (Å²) in [6, 6.07) is 10.6. The summed E-state index contributed by atoms with van der Waals surface area (Å²) >= 11 is 0. The highest BCUT2D eigenvalue weighted by Gasteiger charge is 2.28. The average molecular weight is 577 g/mol. The number of hydrogen-bond acceptors (Lipinski definition) is 6. The van der Waals surface area contributed by atoms with Gasteiger partial charge in [0.25, 0.3) is 0 Å². The number of quaternary nitrogens is 2. The van der Waals surface area contributed by atoms with E-state index in [2.05, 4.69) is 52.5 Å². The van der Waals surface area contributed by atoms with E-state index >= 15 is 0 Å². The van der Waals surface area contributed by atoms with Gasteiger partial charge in [-0.25, -0.2) is 16.8 Å². The van der Waals surface area contributed by atoms with Crippen LogP contribution in [0.5, 0.6) is 0 Å². The Hall–Kier alpha value is -1.04.